The highest BCUT2D eigenvalue weighted by Crippen LogP contribution is 2.26. The maximum Gasteiger partial charge on any atom is 0.514 e. The van der Waals surface area contributed by atoms with Gasteiger partial charge in [0.05, 0.1) is 5.39 Å². The molecule has 3 aromatic carbocycles. The molecule has 4 rings (SSSR count). The van der Waals surface area contributed by atoms with E-state index in [1.165, 1.54) is 30.5 Å². The molecule has 0 radical (unpaired) electrons. The number of ether oxygens (including phenoxy) is 3. The van der Waals surface area contributed by atoms with Crippen molar-refractivity contribution in [1.82, 2.24) is 0 Å². The van der Waals surface area contributed by atoms with Gasteiger partial charge in [0.1, 0.15) is 30.0 Å². The molecule has 0 bridgehead atoms. The molecule has 4 aromatic rings. The fourth-order valence-corrected chi connectivity index (χ4v) is 2.84. The minimum atomic E-state index is -0.872. The minimum Gasteiger partial charge on any atom is -0.460 e. The Bertz CT molecular complexity index is 1270. The lowest BCUT2D eigenvalue weighted by molar-refractivity contribution is 0.109. The van der Waals surface area contributed by atoms with E-state index in [0.717, 1.165) is 10.8 Å². The fraction of sp³-hybridized carbons (Fsp3) is 0.0435. The van der Waals surface area contributed by atoms with Gasteiger partial charge < -0.3 is 18.6 Å². The first-order valence-corrected chi connectivity index (χ1v) is 8.82. The Morgan fingerprint density at radius 2 is 1.79 bits per heavy atom. The van der Waals surface area contributed by atoms with Crippen LogP contribution in [0.25, 0.3) is 21.7 Å². The van der Waals surface area contributed by atoms with E-state index in [9.17, 15) is 9.59 Å². The molecule has 0 atom stereocenters. The second-order valence-corrected chi connectivity index (χ2v) is 6.15. The number of benzene rings is 3. The number of hydrogen-bond donors (Lipinski definition) is 0. The van der Waals surface area contributed by atoms with E-state index < -0.39 is 6.16 Å². The van der Waals surface area contributed by atoms with Gasteiger partial charge in [-0.05, 0) is 35.0 Å². The monoisotopic (exact) mass is 388 g/mol. The normalized spacial score (nSPS) is 10.6. The van der Waals surface area contributed by atoms with Gasteiger partial charge in [0.25, 0.3) is 0 Å². The molecule has 0 aliphatic rings. The van der Waals surface area contributed by atoms with E-state index in [1.807, 2.05) is 36.4 Å². The van der Waals surface area contributed by atoms with Gasteiger partial charge in [0.2, 0.25) is 11.2 Å². The molecular weight excluding hydrogens is 372 g/mol. The zero-order chi connectivity index (χ0) is 20.2. The predicted octanol–water partition coefficient (Wildman–Crippen LogP) is 5.44. The van der Waals surface area contributed by atoms with Gasteiger partial charge in [0.15, 0.2) is 0 Å². The van der Waals surface area contributed by atoms with E-state index in [2.05, 4.69) is 6.58 Å². The van der Waals surface area contributed by atoms with E-state index in [0.29, 0.717) is 11.1 Å². The molecule has 0 N–H and O–H groups in total. The molecule has 0 fully saturated rings. The largest absolute Gasteiger partial charge is 0.514 e. The quantitative estimate of drug-likeness (QED) is 0.257. The second-order valence-electron chi connectivity index (χ2n) is 6.15. The van der Waals surface area contributed by atoms with Crippen LogP contribution in [0.3, 0.4) is 0 Å². The summed E-state index contributed by atoms with van der Waals surface area (Å²) in [6.45, 7) is 3.49. The molecule has 0 spiro atoms. The number of hydrogen-bond acceptors (Lipinski definition) is 6. The highest BCUT2D eigenvalue weighted by atomic mass is 16.7. The summed E-state index contributed by atoms with van der Waals surface area (Å²) >= 11 is 0. The van der Waals surface area contributed by atoms with Crippen LogP contribution in [0.5, 0.6) is 17.2 Å². The smallest absolute Gasteiger partial charge is 0.460 e. The van der Waals surface area contributed by atoms with Gasteiger partial charge in [-0.15, -0.1) is 0 Å². The van der Waals surface area contributed by atoms with Crippen molar-refractivity contribution in [3.05, 3.63) is 89.8 Å². The van der Waals surface area contributed by atoms with Crippen molar-refractivity contribution < 1.29 is 23.4 Å². The summed E-state index contributed by atoms with van der Waals surface area (Å²) in [6.07, 6.45) is 1.79. The lowest BCUT2D eigenvalue weighted by Gasteiger charge is -2.08. The summed E-state index contributed by atoms with van der Waals surface area (Å²) in [7, 11) is 0. The maximum atomic E-state index is 12.7. The average molecular weight is 388 g/mol. The predicted molar refractivity (Wildman–Crippen MR) is 109 cm³/mol. The fourth-order valence-electron chi connectivity index (χ4n) is 2.84. The lowest BCUT2D eigenvalue weighted by Crippen LogP contribution is -2.10. The Balaban J connectivity index is 1.60. The van der Waals surface area contributed by atoms with Crippen molar-refractivity contribution in [2.45, 2.75) is 0 Å². The molecule has 0 saturated heterocycles. The number of carbonyl (C=O) groups is 1. The molecule has 0 unspecified atom stereocenters. The average Bonchev–Trinajstić information content (AvgIpc) is 2.74. The van der Waals surface area contributed by atoms with Crippen molar-refractivity contribution in [2.24, 2.45) is 0 Å². The van der Waals surface area contributed by atoms with Crippen molar-refractivity contribution in [3.8, 4) is 17.2 Å². The molecule has 0 saturated carbocycles. The molecule has 6 heteroatoms. The minimum absolute atomic E-state index is 0.0387. The highest BCUT2D eigenvalue weighted by molar-refractivity contribution is 5.84. The summed E-state index contributed by atoms with van der Waals surface area (Å²) in [4.78, 5) is 24.3. The summed E-state index contributed by atoms with van der Waals surface area (Å²) < 4.78 is 21.0. The third-order valence-corrected chi connectivity index (χ3v) is 4.18. The highest BCUT2D eigenvalue weighted by Gasteiger charge is 2.12. The maximum absolute atomic E-state index is 12.7. The van der Waals surface area contributed by atoms with Crippen LogP contribution in [0.4, 0.5) is 4.79 Å². The Hall–Kier alpha value is -4.06. The summed E-state index contributed by atoms with van der Waals surface area (Å²) in [6, 6.07) is 17.8. The summed E-state index contributed by atoms with van der Waals surface area (Å²) in [5.41, 5.74) is -0.0740. The van der Waals surface area contributed by atoms with Gasteiger partial charge >= 0.3 is 6.16 Å². The van der Waals surface area contributed by atoms with E-state index in [1.54, 1.807) is 6.07 Å². The first-order chi connectivity index (χ1) is 14.1. The Labute approximate surface area is 165 Å². The van der Waals surface area contributed by atoms with Crippen LogP contribution >= 0.6 is 0 Å². The van der Waals surface area contributed by atoms with Crippen LogP contribution in [0.15, 0.2) is 88.8 Å². The summed E-state index contributed by atoms with van der Waals surface area (Å²) in [5, 5.41) is 2.37. The molecule has 6 nitrogen and oxygen atoms in total. The van der Waals surface area contributed by atoms with Crippen LogP contribution in [-0.2, 0) is 4.74 Å². The molecule has 144 valence electrons. The third-order valence-electron chi connectivity index (χ3n) is 4.18. The third kappa shape index (κ3) is 3.96. The lowest BCUT2D eigenvalue weighted by atomic mass is 10.1. The Morgan fingerprint density at radius 3 is 2.62 bits per heavy atom. The van der Waals surface area contributed by atoms with Crippen LogP contribution in [0, 0.1) is 0 Å². The molecule has 0 amide bonds. The second kappa shape index (κ2) is 7.90. The van der Waals surface area contributed by atoms with Crippen molar-refractivity contribution in [3.63, 3.8) is 0 Å². The van der Waals surface area contributed by atoms with Crippen molar-refractivity contribution >= 4 is 27.9 Å². The summed E-state index contributed by atoms with van der Waals surface area (Å²) in [5.74, 6) is 0.782. The van der Waals surface area contributed by atoms with Crippen LogP contribution < -0.4 is 14.9 Å². The molecule has 29 heavy (non-hydrogen) atoms. The molecule has 1 heterocycles. The number of fused-ring (bicyclic) bond motifs is 2. The topological polar surface area (TPSA) is 75.0 Å². The zero-order valence-electron chi connectivity index (χ0n) is 15.3. The Kier molecular flexibility index (Phi) is 4.99. The standard InChI is InChI=1S/C23H16O6/c1-2-11-26-23(25)29-18-9-10-19-20(13-18)27-14-21(22(19)24)28-17-8-7-15-5-3-4-6-16(15)12-17/h2-10,12-14H,1,11H2. The van der Waals surface area contributed by atoms with Crippen molar-refractivity contribution in [1.29, 1.82) is 0 Å². The molecule has 0 aliphatic carbocycles. The van der Waals surface area contributed by atoms with Gasteiger partial charge in [-0.2, -0.15) is 0 Å². The van der Waals surface area contributed by atoms with Crippen molar-refractivity contribution in [2.75, 3.05) is 6.61 Å². The number of carbonyl (C=O) groups excluding carboxylic acids is 1. The SMILES string of the molecule is C=CCOC(=O)Oc1ccc2c(=O)c(Oc3ccc4ccccc4c3)coc2c1. The molecular formula is C23H16O6. The zero-order valence-corrected chi connectivity index (χ0v) is 15.3. The van der Waals surface area contributed by atoms with Crippen LogP contribution in [-0.4, -0.2) is 12.8 Å². The Morgan fingerprint density at radius 1 is 1.00 bits per heavy atom. The van der Waals surface area contributed by atoms with Crippen LogP contribution in [0.1, 0.15) is 0 Å². The van der Waals surface area contributed by atoms with Gasteiger partial charge in [-0.1, -0.05) is 43.0 Å². The van der Waals surface area contributed by atoms with Gasteiger partial charge in [-0.3, -0.25) is 4.79 Å². The molecule has 0 aliphatic heterocycles. The first-order valence-electron chi connectivity index (χ1n) is 8.82. The van der Waals surface area contributed by atoms with E-state index in [-0.39, 0.29) is 29.1 Å². The molecule has 1 aromatic heterocycles. The van der Waals surface area contributed by atoms with Gasteiger partial charge in [0, 0.05) is 6.07 Å². The van der Waals surface area contributed by atoms with Gasteiger partial charge in [-0.25, -0.2) is 4.79 Å². The van der Waals surface area contributed by atoms with E-state index >= 15 is 0 Å². The van der Waals surface area contributed by atoms with Crippen LogP contribution in [0.2, 0.25) is 0 Å². The first kappa shape index (κ1) is 18.3. The van der Waals surface area contributed by atoms with E-state index in [4.69, 9.17) is 18.6 Å². The number of rotatable bonds is 5.